The van der Waals surface area contributed by atoms with E-state index in [4.69, 9.17) is 35.4 Å². The number of amides is 4. The Labute approximate surface area is 478 Å². The summed E-state index contributed by atoms with van der Waals surface area (Å²) >= 11 is 0. The highest BCUT2D eigenvalue weighted by Gasteiger charge is 2.20. The highest BCUT2D eigenvalue weighted by atomic mass is 16.5. The molecule has 0 bridgehead atoms. The maximum Gasteiger partial charge on any atom is 0.337 e. The van der Waals surface area contributed by atoms with Crippen molar-refractivity contribution in [3.05, 3.63) is 214 Å². The molecule has 0 aliphatic rings. The van der Waals surface area contributed by atoms with E-state index in [0.717, 1.165) is 30.0 Å². The second-order valence-electron chi connectivity index (χ2n) is 18.5. The standard InChI is InChI=1S/C20H23NO3.C15H12N2O5.C14H19NO4.C14H10O4/c1-2-3-4-5-8-15-11-13-16(14-12-15)19(22)21-18-10-7-6-9-17(18)20(23)24;18-13(19)9-1-5-11(6-2-9)16-15(22)17-12-7-3-10(4-8-12)14(20)21;1-9(2)14(18)15-12(8-13(16)17)10-4-6-11(19-3)7-5-10;15-13(16)11-6-10(7-12(8-11)14(17)18)9-4-2-1-3-5-9/h6-7,9-14H,2-5,8H2,1H3,(H,21,22)(H,23,24);1-8H,(H,18,19)(H,20,21)(H2,16,17,22);4-7,9,12H,8H2,1-3H3,(H,15,18)(H,16,17);1-8H,(H,15,16)(H,17,18). The zero-order chi connectivity index (χ0) is 61.0. The maximum absolute atomic E-state index is 12.3. The van der Waals surface area contributed by atoms with Gasteiger partial charge in [-0.3, -0.25) is 14.4 Å². The number of nitrogens with one attached hydrogen (secondary N) is 4. The third kappa shape index (κ3) is 22.2. The van der Waals surface area contributed by atoms with Crippen molar-refractivity contribution in [1.29, 1.82) is 0 Å². The van der Waals surface area contributed by atoms with Crippen LogP contribution in [0.2, 0.25) is 0 Å². The second kappa shape index (κ2) is 33.1. The molecule has 7 aromatic carbocycles. The molecule has 0 heterocycles. The number of aromatic carboxylic acids is 5. The minimum Gasteiger partial charge on any atom is -0.497 e. The van der Waals surface area contributed by atoms with Crippen LogP contribution in [-0.4, -0.2) is 91.4 Å². The average molecular weight is 1130 g/mol. The van der Waals surface area contributed by atoms with Crippen molar-refractivity contribution in [2.45, 2.75) is 65.3 Å². The van der Waals surface area contributed by atoms with E-state index in [1.165, 1.54) is 91.6 Å². The molecule has 7 aromatic rings. The molecule has 0 saturated heterocycles. The number of urea groups is 1. The number of benzene rings is 7. The number of carbonyl (C=O) groups excluding carboxylic acids is 3. The Hall–Kier alpha value is -10.6. The third-order valence-corrected chi connectivity index (χ3v) is 12.0. The molecular weight excluding hydrogens is 1070 g/mol. The van der Waals surface area contributed by atoms with Crippen molar-refractivity contribution >= 4 is 70.7 Å². The lowest BCUT2D eigenvalue weighted by molar-refractivity contribution is -0.138. The molecule has 20 heteroatoms. The lowest BCUT2D eigenvalue weighted by atomic mass is 10.00. The topological polar surface area (TPSA) is 332 Å². The summed E-state index contributed by atoms with van der Waals surface area (Å²) in [7, 11) is 1.56. The molecule has 4 amide bonds. The fraction of sp³-hybridized carbons (Fsp3) is 0.190. The molecule has 1 atom stereocenters. The van der Waals surface area contributed by atoms with Crippen LogP contribution in [0.1, 0.15) is 132 Å². The van der Waals surface area contributed by atoms with Gasteiger partial charge in [0, 0.05) is 22.9 Å². The van der Waals surface area contributed by atoms with Crippen molar-refractivity contribution in [2.75, 3.05) is 23.1 Å². The van der Waals surface area contributed by atoms with Gasteiger partial charge in [-0.1, -0.05) is 107 Å². The first-order chi connectivity index (χ1) is 39.6. The number of ether oxygens (including phenoxy) is 1. The van der Waals surface area contributed by atoms with E-state index in [9.17, 15) is 43.2 Å². The molecule has 10 N–H and O–H groups in total. The van der Waals surface area contributed by atoms with Gasteiger partial charge >= 0.3 is 41.8 Å². The van der Waals surface area contributed by atoms with E-state index >= 15 is 0 Å². The highest BCUT2D eigenvalue weighted by Crippen LogP contribution is 2.24. The number of aryl methyl sites for hydroxylation is 1. The lowest BCUT2D eigenvalue weighted by Gasteiger charge is -2.19. The zero-order valence-corrected chi connectivity index (χ0v) is 45.8. The van der Waals surface area contributed by atoms with Gasteiger partial charge in [-0.05, 0) is 138 Å². The van der Waals surface area contributed by atoms with Gasteiger partial charge in [0.25, 0.3) is 5.91 Å². The summed E-state index contributed by atoms with van der Waals surface area (Å²) in [6, 6.07) is 44.3. The van der Waals surface area contributed by atoms with Gasteiger partial charge < -0.3 is 56.6 Å². The van der Waals surface area contributed by atoms with Gasteiger partial charge in [0.2, 0.25) is 5.91 Å². The SMILES string of the molecule is CCCCCCc1ccc(C(=O)Nc2ccccc2C(=O)O)cc1.COc1ccc(C(CC(=O)O)NC(=O)C(C)C)cc1.O=C(Nc1ccc(C(=O)O)cc1)Nc1ccc(C(=O)O)cc1.O=C(O)c1cc(C(=O)O)cc(-c2ccccc2)c1. The normalized spacial score (nSPS) is 10.5. The van der Waals surface area contributed by atoms with Gasteiger partial charge in [-0.15, -0.1) is 0 Å². The quantitative estimate of drug-likeness (QED) is 0.0299. The van der Waals surface area contributed by atoms with Crippen LogP contribution in [-0.2, 0) is 16.0 Å². The van der Waals surface area contributed by atoms with Crippen molar-refractivity contribution in [3.63, 3.8) is 0 Å². The third-order valence-electron chi connectivity index (χ3n) is 12.0. The van der Waals surface area contributed by atoms with Crippen LogP contribution < -0.4 is 26.0 Å². The van der Waals surface area contributed by atoms with E-state index in [1.807, 2.05) is 30.3 Å². The molecule has 20 nitrogen and oxygen atoms in total. The molecular formula is C63H64N4O16. The molecule has 0 saturated carbocycles. The number of carbonyl (C=O) groups is 9. The molecule has 1 unspecified atom stereocenters. The van der Waals surface area contributed by atoms with Crippen molar-refractivity contribution in [2.24, 2.45) is 5.92 Å². The summed E-state index contributed by atoms with van der Waals surface area (Å²) in [6.07, 6.45) is 5.73. The van der Waals surface area contributed by atoms with Gasteiger partial charge in [0.15, 0.2) is 0 Å². The number of unbranched alkanes of at least 4 members (excludes halogenated alkanes) is 3. The number of para-hydroxylation sites is 1. The predicted molar refractivity (Wildman–Crippen MR) is 312 cm³/mol. The van der Waals surface area contributed by atoms with E-state index in [-0.39, 0.29) is 52.0 Å². The Morgan fingerprint density at radius 1 is 0.482 bits per heavy atom. The first kappa shape index (κ1) is 64.9. The van der Waals surface area contributed by atoms with E-state index in [0.29, 0.717) is 33.9 Å². The predicted octanol–water partition coefficient (Wildman–Crippen LogP) is 12.2. The molecule has 0 spiro atoms. The van der Waals surface area contributed by atoms with E-state index in [1.54, 1.807) is 87.7 Å². The van der Waals surface area contributed by atoms with Gasteiger partial charge in [0.05, 0.1) is 53.1 Å². The number of hydrogen-bond donors (Lipinski definition) is 10. The molecule has 7 rings (SSSR count). The summed E-state index contributed by atoms with van der Waals surface area (Å²) in [5.74, 6) is -6.36. The number of rotatable bonds is 21. The van der Waals surface area contributed by atoms with E-state index in [2.05, 4.69) is 28.2 Å². The minimum atomic E-state index is -1.14. The molecule has 432 valence electrons. The summed E-state index contributed by atoms with van der Waals surface area (Å²) < 4.78 is 5.05. The van der Waals surface area contributed by atoms with Crippen LogP contribution in [0.4, 0.5) is 21.9 Å². The largest absolute Gasteiger partial charge is 0.497 e. The van der Waals surface area contributed by atoms with Crippen molar-refractivity contribution in [3.8, 4) is 16.9 Å². The number of hydrogen-bond acceptors (Lipinski definition) is 10. The van der Waals surface area contributed by atoms with Gasteiger partial charge in [0.1, 0.15) is 5.75 Å². The molecule has 83 heavy (non-hydrogen) atoms. The minimum absolute atomic E-state index is 0.0336. The van der Waals surface area contributed by atoms with Crippen LogP contribution in [0.5, 0.6) is 5.75 Å². The number of carboxylic acid groups (broad SMARTS) is 6. The van der Waals surface area contributed by atoms with Gasteiger partial charge in [-0.25, -0.2) is 28.8 Å². The second-order valence-corrected chi connectivity index (χ2v) is 18.5. The Morgan fingerprint density at radius 2 is 0.976 bits per heavy atom. The van der Waals surface area contributed by atoms with E-state index < -0.39 is 47.9 Å². The van der Waals surface area contributed by atoms with Crippen molar-refractivity contribution in [1.82, 2.24) is 5.32 Å². The average Bonchev–Trinajstić information content (AvgIpc) is 3.52. The first-order valence-electron chi connectivity index (χ1n) is 25.9. The lowest BCUT2D eigenvalue weighted by Crippen LogP contribution is -2.33. The fourth-order valence-corrected chi connectivity index (χ4v) is 7.51. The van der Waals surface area contributed by atoms with Crippen molar-refractivity contribution < 1.29 is 78.5 Å². The summed E-state index contributed by atoms with van der Waals surface area (Å²) in [5.41, 5.74) is 5.27. The van der Waals surface area contributed by atoms with Crippen LogP contribution >= 0.6 is 0 Å². The van der Waals surface area contributed by atoms with Gasteiger partial charge in [-0.2, -0.15) is 0 Å². The highest BCUT2D eigenvalue weighted by molar-refractivity contribution is 6.08. The summed E-state index contributed by atoms with van der Waals surface area (Å²) in [5, 5.41) is 64.0. The number of aliphatic carboxylic acids is 1. The number of carboxylic acids is 6. The monoisotopic (exact) mass is 1130 g/mol. The summed E-state index contributed by atoms with van der Waals surface area (Å²) in [6.45, 7) is 5.72. The maximum atomic E-state index is 12.3. The fourth-order valence-electron chi connectivity index (χ4n) is 7.51. The molecule has 0 aromatic heterocycles. The first-order valence-corrected chi connectivity index (χ1v) is 25.9. The molecule has 0 aliphatic heterocycles. The van der Waals surface area contributed by atoms with Crippen LogP contribution in [0.3, 0.4) is 0 Å². The number of anilines is 3. The molecule has 0 fully saturated rings. The zero-order valence-electron chi connectivity index (χ0n) is 45.8. The van der Waals surface area contributed by atoms with Crippen LogP contribution in [0, 0.1) is 5.92 Å². The smallest absolute Gasteiger partial charge is 0.337 e. The Bertz CT molecular complexity index is 3240. The number of methoxy groups -OCH3 is 1. The van der Waals surface area contributed by atoms with Crippen LogP contribution in [0.25, 0.3) is 11.1 Å². The summed E-state index contributed by atoms with van der Waals surface area (Å²) in [4.78, 5) is 101. The molecule has 0 aliphatic carbocycles. The molecule has 0 radical (unpaired) electrons. The Balaban J connectivity index is 0.000000239. The Morgan fingerprint density at radius 3 is 1.43 bits per heavy atom. The Kier molecular flexibility index (Phi) is 25.9. The van der Waals surface area contributed by atoms with Crippen LogP contribution in [0.15, 0.2) is 170 Å².